The van der Waals surface area contributed by atoms with E-state index in [4.69, 9.17) is 0 Å². The zero-order valence-electron chi connectivity index (χ0n) is 12.6. The average molecular weight is 266 g/mol. The molecule has 1 amide bonds. The summed E-state index contributed by atoms with van der Waals surface area (Å²) in [6.07, 6.45) is 11.5. The van der Waals surface area contributed by atoms with E-state index >= 15 is 0 Å². The topological polar surface area (TPSA) is 41.1 Å². The zero-order chi connectivity index (χ0) is 13.7. The number of hydrogen-bond donors (Lipinski definition) is 2. The lowest BCUT2D eigenvalue weighted by Gasteiger charge is -2.21. The minimum absolute atomic E-state index is 0.0340. The Morgan fingerprint density at radius 2 is 1.84 bits per heavy atom. The van der Waals surface area contributed by atoms with Gasteiger partial charge in [-0.1, -0.05) is 32.6 Å². The van der Waals surface area contributed by atoms with Crippen LogP contribution in [0.5, 0.6) is 0 Å². The van der Waals surface area contributed by atoms with E-state index in [1.807, 2.05) is 6.92 Å². The van der Waals surface area contributed by atoms with Crippen LogP contribution in [0.4, 0.5) is 0 Å². The standard InChI is InChI=1S/C16H30N2O/c1-3-5-13-6-4-7-14(9-8-13)17-12(2)16(19)18-15-10-11-15/h12-15,17H,3-11H2,1-2H3,(H,18,19). The van der Waals surface area contributed by atoms with Gasteiger partial charge in [0.05, 0.1) is 6.04 Å². The van der Waals surface area contributed by atoms with Gasteiger partial charge in [-0.25, -0.2) is 0 Å². The van der Waals surface area contributed by atoms with Gasteiger partial charge in [0.25, 0.3) is 0 Å². The lowest BCUT2D eigenvalue weighted by molar-refractivity contribution is -0.123. The van der Waals surface area contributed by atoms with Crippen LogP contribution < -0.4 is 10.6 Å². The maximum Gasteiger partial charge on any atom is 0.237 e. The van der Waals surface area contributed by atoms with Crippen molar-refractivity contribution in [1.82, 2.24) is 10.6 Å². The zero-order valence-corrected chi connectivity index (χ0v) is 12.6. The van der Waals surface area contributed by atoms with Crippen LogP contribution in [0.15, 0.2) is 0 Å². The molecule has 0 spiro atoms. The Kier molecular flexibility index (Phi) is 5.68. The van der Waals surface area contributed by atoms with Crippen LogP contribution in [0.2, 0.25) is 0 Å². The summed E-state index contributed by atoms with van der Waals surface area (Å²) >= 11 is 0. The molecular formula is C16H30N2O. The van der Waals surface area contributed by atoms with Crippen molar-refractivity contribution in [2.24, 2.45) is 5.92 Å². The molecule has 0 saturated heterocycles. The van der Waals surface area contributed by atoms with Gasteiger partial charge in [0, 0.05) is 12.1 Å². The number of hydrogen-bond acceptors (Lipinski definition) is 2. The van der Waals surface area contributed by atoms with Crippen LogP contribution in [0.25, 0.3) is 0 Å². The number of amides is 1. The van der Waals surface area contributed by atoms with Crippen LogP contribution in [0.3, 0.4) is 0 Å². The fourth-order valence-corrected chi connectivity index (χ4v) is 3.23. The summed E-state index contributed by atoms with van der Waals surface area (Å²) < 4.78 is 0. The minimum atomic E-state index is -0.0340. The van der Waals surface area contributed by atoms with Crippen LogP contribution in [0, 0.1) is 5.92 Å². The van der Waals surface area contributed by atoms with Crippen molar-refractivity contribution in [1.29, 1.82) is 0 Å². The largest absolute Gasteiger partial charge is 0.352 e. The third-order valence-electron chi connectivity index (χ3n) is 4.59. The first-order valence-electron chi connectivity index (χ1n) is 8.25. The molecule has 2 aliphatic carbocycles. The van der Waals surface area contributed by atoms with Gasteiger partial charge < -0.3 is 10.6 Å². The van der Waals surface area contributed by atoms with Crippen molar-refractivity contribution in [2.75, 3.05) is 0 Å². The molecule has 3 atom stereocenters. The Balaban J connectivity index is 1.70. The molecule has 0 heterocycles. The van der Waals surface area contributed by atoms with E-state index in [1.54, 1.807) is 0 Å². The second-order valence-electron chi connectivity index (χ2n) is 6.53. The Bertz CT molecular complexity index is 288. The number of carbonyl (C=O) groups excluding carboxylic acids is 1. The summed E-state index contributed by atoms with van der Waals surface area (Å²) in [6.45, 7) is 4.29. The molecule has 2 N–H and O–H groups in total. The molecule has 2 aliphatic rings. The van der Waals surface area contributed by atoms with E-state index in [-0.39, 0.29) is 11.9 Å². The summed E-state index contributed by atoms with van der Waals surface area (Å²) in [5.41, 5.74) is 0. The van der Waals surface area contributed by atoms with Gasteiger partial charge in [0.15, 0.2) is 0 Å². The lowest BCUT2D eigenvalue weighted by atomic mass is 9.95. The van der Waals surface area contributed by atoms with Gasteiger partial charge in [-0.05, 0) is 44.9 Å². The van der Waals surface area contributed by atoms with Gasteiger partial charge in [-0.3, -0.25) is 4.79 Å². The molecule has 3 unspecified atom stereocenters. The first-order valence-corrected chi connectivity index (χ1v) is 8.25. The Hall–Kier alpha value is -0.570. The van der Waals surface area contributed by atoms with Crippen LogP contribution in [-0.2, 0) is 4.79 Å². The molecule has 0 aliphatic heterocycles. The fraction of sp³-hybridized carbons (Fsp3) is 0.938. The summed E-state index contributed by atoms with van der Waals surface area (Å²) in [5.74, 6) is 1.12. The van der Waals surface area contributed by atoms with Crippen LogP contribution >= 0.6 is 0 Å². The van der Waals surface area contributed by atoms with Crippen molar-refractivity contribution in [3.05, 3.63) is 0 Å². The Labute approximate surface area is 117 Å². The third-order valence-corrected chi connectivity index (χ3v) is 4.59. The van der Waals surface area contributed by atoms with Gasteiger partial charge in [0.2, 0.25) is 5.91 Å². The van der Waals surface area contributed by atoms with E-state index in [0.29, 0.717) is 12.1 Å². The van der Waals surface area contributed by atoms with Crippen molar-refractivity contribution in [3.8, 4) is 0 Å². The van der Waals surface area contributed by atoms with E-state index in [9.17, 15) is 4.79 Å². The normalized spacial score (nSPS) is 29.6. The molecule has 2 saturated carbocycles. The highest BCUT2D eigenvalue weighted by atomic mass is 16.2. The summed E-state index contributed by atoms with van der Waals surface area (Å²) in [6, 6.07) is 0.981. The van der Waals surface area contributed by atoms with Crippen molar-refractivity contribution < 1.29 is 4.79 Å². The highest BCUT2D eigenvalue weighted by Crippen LogP contribution is 2.27. The number of nitrogens with one attached hydrogen (secondary N) is 2. The predicted molar refractivity (Wildman–Crippen MR) is 79.0 cm³/mol. The smallest absolute Gasteiger partial charge is 0.237 e. The lowest BCUT2D eigenvalue weighted by Crippen LogP contribution is -2.47. The Morgan fingerprint density at radius 1 is 1.11 bits per heavy atom. The molecular weight excluding hydrogens is 236 g/mol. The monoisotopic (exact) mass is 266 g/mol. The summed E-state index contributed by atoms with van der Waals surface area (Å²) in [5, 5.41) is 6.63. The molecule has 3 nitrogen and oxygen atoms in total. The predicted octanol–water partition coefficient (Wildman–Crippen LogP) is 2.99. The molecule has 110 valence electrons. The minimum Gasteiger partial charge on any atom is -0.352 e. The first-order chi connectivity index (χ1) is 9.19. The highest BCUT2D eigenvalue weighted by molar-refractivity contribution is 5.81. The maximum absolute atomic E-state index is 11.9. The van der Waals surface area contributed by atoms with Crippen molar-refractivity contribution >= 4 is 5.91 Å². The third kappa shape index (κ3) is 5.13. The van der Waals surface area contributed by atoms with Gasteiger partial charge >= 0.3 is 0 Å². The molecule has 0 radical (unpaired) electrons. The SMILES string of the molecule is CCCC1CCCC(NC(C)C(=O)NC2CC2)CC1. The molecule has 3 heteroatoms. The molecule has 2 rings (SSSR count). The molecule has 0 aromatic carbocycles. The Morgan fingerprint density at radius 3 is 2.53 bits per heavy atom. The first kappa shape index (κ1) is 14.8. The van der Waals surface area contributed by atoms with E-state index in [2.05, 4.69) is 17.6 Å². The van der Waals surface area contributed by atoms with Gasteiger partial charge in [-0.2, -0.15) is 0 Å². The molecule has 0 aromatic rings. The number of carbonyl (C=O) groups is 1. The van der Waals surface area contributed by atoms with E-state index < -0.39 is 0 Å². The van der Waals surface area contributed by atoms with Crippen molar-refractivity contribution in [3.63, 3.8) is 0 Å². The highest BCUT2D eigenvalue weighted by Gasteiger charge is 2.27. The molecule has 0 bridgehead atoms. The van der Waals surface area contributed by atoms with Gasteiger partial charge in [0.1, 0.15) is 0 Å². The number of rotatable bonds is 6. The second-order valence-corrected chi connectivity index (χ2v) is 6.53. The maximum atomic E-state index is 11.9. The summed E-state index contributed by atoms with van der Waals surface area (Å²) in [7, 11) is 0. The van der Waals surface area contributed by atoms with Crippen LogP contribution in [-0.4, -0.2) is 24.0 Å². The van der Waals surface area contributed by atoms with Gasteiger partial charge in [-0.15, -0.1) is 0 Å². The van der Waals surface area contributed by atoms with Crippen molar-refractivity contribution in [2.45, 2.75) is 89.8 Å². The van der Waals surface area contributed by atoms with E-state index in [0.717, 1.165) is 5.92 Å². The quantitative estimate of drug-likeness (QED) is 0.726. The summed E-state index contributed by atoms with van der Waals surface area (Å²) in [4.78, 5) is 11.9. The molecule has 0 aromatic heterocycles. The van der Waals surface area contributed by atoms with Crippen LogP contribution in [0.1, 0.15) is 71.6 Å². The van der Waals surface area contributed by atoms with E-state index in [1.165, 1.54) is 57.8 Å². The molecule has 19 heavy (non-hydrogen) atoms. The average Bonchev–Trinajstić information content (AvgIpc) is 3.19. The fourth-order valence-electron chi connectivity index (χ4n) is 3.23. The second kappa shape index (κ2) is 7.28. The molecule has 2 fully saturated rings.